The summed E-state index contributed by atoms with van der Waals surface area (Å²) in [5.41, 5.74) is -0.0904. The third-order valence-corrected chi connectivity index (χ3v) is 3.72. The number of rotatable bonds is 5. The van der Waals surface area contributed by atoms with Crippen molar-refractivity contribution in [2.45, 2.75) is 6.54 Å². The van der Waals surface area contributed by atoms with Crippen LogP contribution in [-0.2, 0) is 6.54 Å². The van der Waals surface area contributed by atoms with Crippen LogP contribution < -0.4 is 4.74 Å². The van der Waals surface area contributed by atoms with Crippen LogP contribution in [0.15, 0.2) is 41.8 Å². The van der Waals surface area contributed by atoms with E-state index in [4.69, 9.17) is 4.74 Å². The SMILES string of the molecule is O=C(Oc1ccc([N+](=O)[O-])cc1)c1nnnn1Cc1cccs1. The second kappa shape index (κ2) is 6.32. The average molecular weight is 331 g/mol. The maximum atomic E-state index is 12.1. The molecule has 0 fully saturated rings. The number of tetrazole rings is 1. The lowest BCUT2D eigenvalue weighted by atomic mass is 10.3. The van der Waals surface area contributed by atoms with Gasteiger partial charge in [0.2, 0.25) is 0 Å². The van der Waals surface area contributed by atoms with Gasteiger partial charge in [0.15, 0.2) is 0 Å². The Balaban J connectivity index is 1.73. The van der Waals surface area contributed by atoms with E-state index in [2.05, 4.69) is 15.5 Å². The molecule has 1 aromatic carbocycles. The molecule has 0 saturated heterocycles. The average Bonchev–Trinajstić information content (AvgIpc) is 3.20. The van der Waals surface area contributed by atoms with Crippen LogP contribution in [0.2, 0.25) is 0 Å². The van der Waals surface area contributed by atoms with Crippen molar-refractivity contribution in [3.05, 3.63) is 62.6 Å². The Kier molecular flexibility index (Phi) is 4.06. The van der Waals surface area contributed by atoms with Crippen LogP contribution in [0.1, 0.15) is 15.5 Å². The van der Waals surface area contributed by atoms with Crippen LogP contribution in [-0.4, -0.2) is 31.1 Å². The first kappa shape index (κ1) is 14.8. The number of carbonyl (C=O) groups excluding carboxylic acids is 1. The normalized spacial score (nSPS) is 10.4. The van der Waals surface area contributed by atoms with Gasteiger partial charge < -0.3 is 4.74 Å². The van der Waals surface area contributed by atoms with Crippen LogP contribution in [0.5, 0.6) is 5.75 Å². The van der Waals surface area contributed by atoms with Crippen LogP contribution in [0, 0.1) is 10.1 Å². The van der Waals surface area contributed by atoms with Crippen molar-refractivity contribution in [3.8, 4) is 5.75 Å². The molecule has 0 aliphatic rings. The van der Waals surface area contributed by atoms with Crippen LogP contribution in [0.4, 0.5) is 5.69 Å². The van der Waals surface area contributed by atoms with Crippen LogP contribution in [0.25, 0.3) is 0 Å². The molecule has 0 atom stereocenters. The fraction of sp³-hybridized carbons (Fsp3) is 0.0769. The number of thiophene rings is 1. The highest BCUT2D eigenvalue weighted by molar-refractivity contribution is 7.09. The van der Waals surface area contributed by atoms with Gasteiger partial charge in [-0.1, -0.05) is 6.07 Å². The van der Waals surface area contributed by atoms with Gasteiger partial charge in [-0.05, 0) is 34.0 Å². The summed E-state index contributed by atoms with van der Waals surface area (Å²) in [6.07, 6.45) is 0. The first-order chi connectivity index (χ1) is 11.1. The van der Waals surface area contributed by atoms with Crippen molar-refractivity contribution in [1.82, 2.24) is 20.2 Å². The van der Waals surface area contributed by atoms with Gasteiger partial charge in [-0.25, -0.2) is 9.48 Å². The summed E-state index contributed by atoms with van der Waals surface area (Å²) < 4.78 is 6.46. The molecule has 0 unspecified atom stereocenters. The number of aromatic nitrogens is 4. The summed E-state index contributed by atoms with van der Waals surface area (Å²) in [6, 6.07) is 8.96. The molecular weight excluding hydrogens is 322 g/mol. The lowest BCUT2D eigenvalue weighted by Crippen LogP contribution is -2.17. The number of nitro groups is 1. The Hall–Kier alpha value is -3.14. The van der Waals surface area contributed by atoms with Gasteiger partial charge >= 0.3 is 5.97 Å². The van der Waals surface area contributed by atoms with Gasteiger partial charge in [0.1, 0.15) is 5.75 Å². The molecule has 10 heteroatoms. The molecule has 0 saturated carbocycles. The van der Waals surface area contributed by atoms with Gasteiger partial charge in [-0.2, -0.15) is 0 Å². The van der Waals surface area contributed by atoms with E-state index in [1.165, 1.54) is 40.3 Å². The highest BCUT2D eigenvalue weighted by Crippen LogP contribution is 2.18. The molecular formula is C13H9N5O4S. The molecule has 3 aromatic rings. The zero-order chi connectivity index (χ0) is 16.2. The Bertz CT molecular complexity index is 828. The number of hydrogen-bond acceptors (Lipinski definition) is 8. The van der Waals surface area contributed by atoms with Crippen molar-refractivity contribution in [2.24, 2.45) is 0 Å². The predicted molar refractivity (Wildman–Crippen MR) is 79.3 cm³/mol. The minimum atomic E-state index is -0.736. The lowest BCUT2D eigenvalue weighted by molar-refractivity contribution is -0.384. The third kappa shape index (κ3) is 3.37. The second-order valence-electron chi connectivity index (χ2n) is 4.38. The number of non-ortho nitro benzene ring substituents is 1. The molecule has 116 valence electrons. The number of nitrogens with zero attached hydrogens (tertiary/aromatic N) is 5. The molecule has 0 amide bonds. The van der Waals surface area contributed by atoms with Gasteiger partial charge in [0.05, 0.1) is 11.5 Å². The molecule has 0 spiro atoms. The second-order valence-corrected chi connectivity index (χ2v) is 5.41. The number of esters is 1. The number of ether oxygens (including phenoxy) is 1. The Morgan fingerprint density at radius 1 is 1.30 bits per heavy atom. The third-order valence-electron chi connectivity index (χ3n) is 2.86. The molecule has 0 bridgehead atoms. The van der Waals surface area contributed by atoms with E-state index >= 15 is 0 Å². The molecule has 3 rings (SSSR count). The smallest absolute Gasteiger partial charge is 0.383 e. The van der Waals surface area contributed by atoms with Gasteiger partial charge in [0, 0.05) is 17.0 Å². The minimum absolute atomic E-state index is 0.0447. The van der Waals surface area contributed by atoms with E-state index < -0.39 is 10.9 Å². The van der Waals surface area contributed by atoms with Crippen molar-refractivity contribution in [1.29, 1.82) is 0 Å². The van der Waals surface area contributed by atoms with Crippen molar-refractivity contribution < 1.29 is 14.5 Å². The Morgan fingerprint density at radius 2 is 2.09 bits per heavy atom. The molecule has 23 heavy (non-hydrogen) atoms. The van der Waals surface area contributed by atoms with Crippen LogP contribution >= 0.6 is 11.3 Å². The summed E-state index contributed by atoms with van der Waals surface area (Å²) in [5.74, 6) is -0.608. The quantitative estimate of drug-likeness (QED) is 0.304. The molecule has 0 aliphatic heterocycles. The Morgan fingerprint density at radius 3 is 2.74 bits per heavy atom. The van der Waals surface area contributed by atoms with Crippen molar-refractivity contribution in [3.63, 3.8) is 0 Å². The van der Waals surface area contributed by atoms with E-state index in [1.54, 1.807) is 0 Å². The van der Waals surface area contributed by atoms with Crippen molar-refractivity contribution >= 4 is 23.0 Å². The summed E-state index contributed by atoms with van der Waals surface area (Å²) in [6.45, 7) is 0.357. The minimum Gasteiger partial charge on any atom is -0.421 e. The van der Waals surface area contributed by atoms with Gasteiger partial charge in [-0.3, -0.25) is 10.1 Å². The fourth-order valence-corrected chi connectivity index (χ4v) is 2.48. The standard InChI is InChI=1S/C13H9N5O4S/c19-13(22-10-5-3-9(4-6-10)18(20)21)12-14-15-16-17(12)8-11-2-1-7-23-11/h1-7H,8H2. The maximum Gasteiger partial charge on any atom is 0.383 e. The largest absolute Gasteiger partial charge is 0.421 e. The van der Waals surface area contributed by atoms with E-state index in [0.29, 0.717) is 6.54 Å². The van der Waals surface area contributed by atoms with Crippen LogP contribution in [0.3, 0.4) is 0 Å². The van der Waals surface area contributed by atoms with E-state index in [0.717, 1.165) is 4.88 Å². The van der Waals surface area contributed by atoms with Crippen molar-refractivity contribution in [2.75, 3.05) is 0 Å². The molecule has 0 radical (unpaired) electrons. The first-order valence-corrected chi connectivity index (χ1v) is 7.26. The first-order valence-electron chi connectivity index (χ1n) is 6.38. The molecule has 9 nitrogen and oxygen atoms in total. The summed E-state index contributed by atoms with van der Waals surface area (Å²) in [5, 5.41) is 23.4. The molecule has 2 aromatic heterocycles. The lowest BCUT2D eigenvalue weighted by Gasteiger charge is -2.04. The monoisotopic (exact) mass is 331 g/mol. The molecule has 2 heterocycles. The van der Waals surface area contributed by atoms with E-state index in [-0.39, 0.29) is 17.3 Å². The number of nitro benzene ring substituents is 1. The Labute approximate surface area is 133 Å². The summed E-state index contributed by atoms with van der Waals surface area (Å²) >= 11 is 1.52. The van der Waals surface area contributed by atoms with E-state index in [1.807, 2.05) is 17.5 Å². The summed E-state index contributed by atoms with van der Waals surface area (Å²) in [7, 11) is 0. The number of hydrogen-bond donors (Lipinski definition) is 0. The maximum absolute atomic E-state index is 12.1. The molecule has 0 aliphatic carbocycles. The zero-order valence-electron chi connectivity index (χ0n) is 11.5. The predicted octanol–water partition coefficient (Wildman–Crippen LogP) is 1.91. The zero-order valence-corrected chi connectivity index (χ0v) is 12.3. The number of carbonyl (C=O) groups is 1. The number of benzene rings is 1. The fourth-order valence-electron chi connectivity index (χ4n) is 1.80. The molecule has 0 N–H and O–H groups in total. The van der Waals surface area contributed by atoms with Gasteiger partial charge in [-0.15, -0.1) is 16.4 Å². The topological polar surface area (TPSA) is 113 Å². The highest BCUT2D eigenvalue weighted by Gasteiger charge is 2.19. The highest BCUT2D eigenvalue weighted by atomic mass is 32.1. The van der Waals surface area contributed by atoms with Gasteiger partial charge in [0.25, 0.3) is 11.5 Å². The van der Waals surface area contributed by atoms with E-state index in [9.17, 15) is 14.9 Å². The summed E-state index contributed by atoms with van der Waals surface area (Å²) in [4.78, 5) is 23.2.